The molecule has 1 rings (SSSR count). The lowest BCUT2D eigenvalue weighted by molar-refractivity contribution is -0.117. The summed E-state index contributed by atoms with van der Waals surface area (Å²) >= 11 is 3.45. The van der Waals surface area contributed by atoms with E-state index < -0.39 is 0 Å². The summed E-state index contributed by atoms with van der Waals surface area (Å²) in [5.74, 6) is 0.229. The topological polar surface area (TPSA) is 29.1 Å². The van der Waals surface area contributed by atoms with E-state index in [4.69, 9.17) is 0 Å². The largest absolute Gasteiger partial charge is 0.307 e. The number of rotatable bonds is 6. The molecule has 0 saturated heterocycles. The number of Topliss-reactive ketones (excluding diaryl/α,β-unsaturated/α-hetero) is 1. The highest BCUT2D eigenvalue weighted by molar-refractivity contribution is 9.10. The van der Waals surface area contributed by atoms with Gasteiger partial charge in [-0.2, -0.15) is 0 Å². The Balaban J connectivity index is 2.43. The first-order valence-corrected chi connectivity index (χ1v) is 6.41. The first-order chi connectivity index (χ1) is 7.63. The van der Waals surface area contributed by atoms with E-state index in [9.17, 15) is 4.79 Å². The molecule has 1 unspecified atom stereocenters. The maximum Gasteiger partial charge on any atom is 0.151 e. The maximum absolute atomic E-state index is 11.7. The van der Waals surface area contributed by atoms with Crippen molar-refractivity contribution in [2.75, 3.05) is 6.54 Å². The number of halogens is 1. The fourth-order valence-corrected chi connectivity index (χ4v) is 1.77. The van der Waals surface area contributed by atoms with Crippen molar-refractivity contribution in [3.05, 3.63) is 34.3 Å². The van der Waals surface area contributed by atoms with Gasteiger partial charge in [0.25, 0.3) is 0 Å². The Morgan fingerprint density at radius 1 is 1.44 bits per heavy atom. The molecular weight excluding hydrogens is 266 g/mol. The fourth-order valence-electron chi connectivity index (χ4n) is 1.35. The summed E-state index contributed by atoms with van der Waals surface area (Å²) < 4.78 is 1.01. The molecular formula is C13H18BrNO. The first kappa shape index (κ1) is 13.4. The molecule has 1 N–H and O–H groups in total. The van der Waals surface area contributed by atoms with E-state index in [2.05, 4.69) is 35.1 Å². The van der Waals surface area contributed by atoms with E-state index in [1.165, 1.54) is 0 Å². The number of hydrogen-bond acceptors (Lipinski definition) is 2. The minimum atomic E-state index is 0.229. The summed E-state index contributed by atoms with van der Waals surface area (Å²) in [7, 11) is 0. The van der Waals surface area contributed by atoms with Gasteiger partial charge < -0.3 is 5.32 Å². The average molecular weight is 284 g/mol. The molecule has 0 spiro atoms. The molecule has 1 aromatic rings. The molecule has 0 fully saturated rings. The van der Waals surface area contributed by atoms with E-state index in [-0.39, 0.29) is 5.78 Å². The molecule has 0 radical (unpaired) electrons. The molecule has 0 aliphatic rings. The predicted octanol–water partition coefficient (Wildman–Crippen LogP) is 2.95. The van der Waals surface area contributed by atoms with Crippen molar-refractivity contribution in [2.24, 2.45) is 0 Å². The lowest BCUT2D eigenvalue weighted by Crippen LogP contribution is -2.31. The second-order valence-electron chi connectivity index (χ2n) is 4.00. The molecule has 88 valence electrons. The smallest absolute Gasteiger partial charge is 0.151 e. The van der Waals surface area contributed by atoms with Gasteiger partial charge in [-0.25, -0.2) is 0 Å². The van der Waals surface area contributed by atoms with Crippen LogP contribution in [0.5, 0.6) is 0 Å². The normalized spacial score (nSPS) is 12.4. The van der Waals surface area contributed by atoms with E-state index in [0.717, 1.165) is 16.5 Å². The Bertz CT molecular complexity index is 352. The highest BCUT2D eigenvalue weighted by Gasteiger charge is 2.07. The Labute approximate surface area is 106 Å². The van der Waals surface area contributed by atoms with Gasteiger partial charge in [-0.3, -0.25) is 4.79 Å². The van der Waals surface area contributed by atoms with Crippen LogP contribution in [0, 0.1) is 0 Å². The molecule has 1 atom stereocenters. The number of benzene rings is 1. The van der Waals surface area contributed by atoms with Crippen molar-refractivity contribution in [1.29, 1.82) is 0 Å². The Hall–Kier alpha value is -0.670. The highest BCUT2D eigenvalue weighted by Crippen LogP contribution is 2.16. The van der Waals surface area contributed by atoms with Gasteiger partial charge in [0.15, 0.2) is 5.78 Å². The third-order valence-corrected chi connectivity index (χ3v) is 3.38. The molecule has 16 heavy (non-hydrogen) atoms. The van der Waals surface area contributed by atoms with E-state index in [1.54, 1.807) is 0 Å². The van der Waals surface area contributed by atoms with Gasteiger partial charge >= 0.3 is 0 Å². The Morgan fingerprint density at radius 3 is 2.75 bits per heavy atom. The van der Waals surface area contributed by atoms with Crippen LogP contribution in [-0.4, -0.2) is 18.4 Å². The monoisotopic (exact) mass is 283 g/mol. The summed E-state index contributed by atoms with van der Waals surface area (Å²) in [5, 5.41) is 3.21. The van der Waals surface area contributed by atoms with Gasteiger partial charge in [0.1, 0.15) is 0 Å². The Kier molecular flexibility index (Phi) is 5.71. The van der Waals surface area contributed by atoms with Gasteiger partial charge in [0, 0.05) is 16.9 Å². The third kappa shape index (κ3) is 4.45. The minimum absolute atomic E-state index is 0.229. The van der Waals surface area contributed by atoms with Crippen LogP contribution in [0.4, 0.5) is 0 Å². The fraction of sp³-hybridized carbons (Fsp3) is 0.462. The Morgan fingerprint density at radius 2 is 2.12 bits per heavy atom. The van der Waals surface area contributed by atoms with Crippen LogP contribution >= 0.6 is 15.9 Å². The standard InChI is InChI=1S/C13H18BrNO/c1-3-10(2)15-9-12(16)8-11-6-4-5-7-13(11)14/h4-7,10,15H,3,8-9H2,1-2H3. The van der Waals surface area contributed by atoms with Crippen molar-refractivity contribution >= 4 is 21.7 Å². The summed E-state index contributed by atoms with van der Waals surface area (Å²) in [6.45, 7) is 4.65. The van der Waals surface area contributed by atoms with Crippen molar-refractivity contribution in [1.82, 2.24) is 5.32 Å². The lowest BCUT2D eigenvalue weighted by Gasteiger charge is -2.10. The second-order valence-corrected chi connectivity index (χ2v) is 4.85. The lowest BCUT2D eigenvalue weighted by atomic mass is 10.1. The van der Waals surface area contributed by atoms with Crippen molar-refractivity contribution < 1.29 is 4.79 Å². The zero-order chi connectivity index (χ0) is 12.0. The number of carbonyl (C=O) groups excluding carboxylic acids is 1. The van der Waals surface area contributed by atoms with Crippen LogP contribution in [0.2, 0.25) is 0 Å². The minimum Gasteiger partial charge on any atom is -0.307 e. The van der Waals surface area contributed by atoms with E-state index >= 15 is 0 Å². The second kappa shape index (κ2) is 6.81. The average Bonchev–Trinajstić information content (AvgIpc) is 2.29. The summed E-state index contributed by atoms with van der Waals surface area (Å²) in [4.78, 5) is 11.7. The van der Waals surface area contributed by atoms with Crippen molar-refractivity contribution in [3.63, 3.8) is 0 Å². The zero-order valence-corrected chi connectivity index (χ0v) is 11.4. The molecule has 0 bridgehead atoms. The maximum atomic E-state index is 11.7. The SMILES string of the molecule is CCC(C)NCC(=O)Cc1ccccc1Br. The molecule has 0 aliphatic heterocycles. The van der Waals surface area contributed by atoms with Gasteiger partial charge in [-0.05, 0) is 25.0 Å². The molecule has 0 aliphatic carbocycles. The zero-order valence-electron chi connectivity index (χ0n) is 9.79. The van der Waals surface area contributed by atoms with Crippen LogP contribution in [0.15, 0.2) is 28.7 Å². The van der Waals surface area contributed by atoms with E-state index in [1.807, 2.05) is 24.3 Å². The molecule has 0 aromatic heterocycles. The number of hydrogen-bond donors (Lipinski definition) is 1. The third-order valence-electron chi connectivity index (χ3n) is 2.61. The van der Waals surface area contributed by atoms with Crippen LogP contribution < -0.4 is 5.32 Å². The molecule has 1 aromatic carbocycles. The molecule has 0 amide bonds. The van der Waals surface area contributed by atoms with Gasteiger partial charge in [-0.1, -0.05) is 41.1 Å². The number of nitrogens with one attached hydrogen (secondary N) is 1. The van der Waals surface area contributed by atoms with E-state index in [0.29, 0.717) is 19.0 Å². The van der Waals surface area contributed by atoms with Crippen LogP contribution in [-0.2, 0) is 11.2 Å². The van der Waals surface area contributed by atoms with Crippen molar-refractivity contribution in [3.8, 4) is 0 Å². The predicted molar refractivity (Wildman–Crippen MR) is 70.6 cm³/mol. The van der Waals surface area contributed by atoms with Gasteiger partial charge in [0.2, 0.25) is 0 Å². The van der Waals surface area contributed by atoms with Crippen LogP contribution in [0.25, 0.3) is 0 Å². The van der Waals surface area contributed by atoms with Crippen molar-refractivity contribution in [2.45, 2.75) is 32.7 Å². The quantitative estimate of drug-likeness (QED) is 0.870. The number of carbonyl (C=O) groups is 1. The van der Waals surface area contributed by atoms with Crippen LogP contribution in [0.3, 0.4) is 0 Å². The molecule has 0 saturated carbocycles. The summed E-state index contributed by atoms with van der Waals surface area (Å²) in [6.07, 6.45) is 1.53. The summed E-state index contributed by atoms with van der Waals surface area (Å²) in [5.41, 5.74) is 1.05. The van der Waals surface area contributed by atoms with Crippen LogP contribution in [0.1, 0.15) is 25.8 Å². The molecule has 0 heterocycles. The molecule has 3 heteroatoms. The van der Waals surface area contributed by atoms with Gasteiger partial charge in [0.05, 0.1) is 6.54 Å². The number of ketones is 1. The first-order valence-electron chi connectivity index (χ1n) is 5.62. The summed E-state index contributed by atoms with van der Waals surface area (Å²) in [6, 6.07) is 8.25. The highest BCUT2D eigenvalue weighted by atomic mass is 79.9. The molecule has 2 nitrogen and oxygen atoms in total. The van der Waals surface area contributed by atoms with Gasteiger partial charge in [-0.15, -0.1) is 0 Å².